The molecule has 41 heavy (non-hydrogen) atoms. The van der Waals surface area contributed by atoms with Crippen LogP contribution in [0.15, 0.2) is 53.8 Å². The quantitative estimate of drug-likeness (QED) is 0.343. The minimum Gasteiger partial charge on any atom is -0.383 e. The Balaban J connectivity index is 1.17. The van der Waals surface area contributed by atoms with Crippen molar-refractivity contribution in [2.45, 2.75) is 36.8 Å². The van der Waals surface area contributed by atoms with Crippen LogP contribution in [0, 0.1) is 11.3 Å². The van der Waals surface area contributed by atoms with Crippen LogP contribution in [0.4, 0.5) is 5.82 Å². The molecule has 2 atom stereocenters. The molecule has 0 spiro atoms. The molecule has 12 nitrogen and oxygen atoms in total. The predicted octanol–water partition coefficient (Wildman–Crippen LogP) is 2.21. The number of amides is 2. The molecule has 4 heterocycles. The number of hydrogen-bond acceptors (Lipinski definition) is 10. The number of thioether (sulfide) groups is 1. The van der Waals surface area contributed by atoms with Crippen molar-refractivity contribution >= 4 is 40.4 Å². The number of likely N-dealkylation sites (tertiary alicyclic amines) is 1. The van der Waals surface area contributed by atoms with Crippen molar-refractivity contribution in [3.8, 4) is 17.3 Å². The summed E-state index contributed by atoms with van der Waals surface area (Å²) in [5.41, 5.74) is 8.36. The monoisotopic (exact) mass is 570 g/mol. The number of nitrogens with zero attached hydrogens (tertiary/aromatic N) is 7. The second-order valence-corrected chi connectivity index (χ2v) is 11.5. The fourth-order valence-corrected chi connectivity index (χ4v) is 5.89. The highest BCUT2D eigenvalue weighted by atomic mass is 32.2. The van der Waals surface area contributed by atoms with E-state index in [2.05, 4.69) is 38.6 Å². The number of likely N-dealkylation sites (N-methyl/N-ethyl adjacent to an activating group) is 1. The molecule has 2 aromatic heterocycles. The number of rotatable bonds is 8. The number of carbonyl (C=O) groups is 2. The first-order valence-electron chi connectivity index (χ1n) is 13.5. The summed E-state index contributed by atoms with van der Waals surface area (Å²) in [6.45, 7) is 1.93. The van der Waals surface area contributed by atoms with Gasteiger partial charge < -0.3 is 21.3 Å². The summed E-state index contributed by atoms with van der Waals surface area (Å²) < 4.78 is 1.85. The molecule has 1 unspecified atom stereocenters. The molecule has 2 aliphatic heterocycles. The van der Waals surface area contributed by atoms with E-state index in [1.165, 1.54) is 30.9 Å². The summed E-state index contributed by atoms with van der Waals surface area (Å²) in [6.07, 6.45) is 9.84. The lowest BCUT2D eigenvalue weighted by Crippen LogP contribution is -2.38. The molecule has 1 saturated heterocycles. The fourth-order valence-electron chi connectivity index (χ4n) is 5.14. The van der Waals surface area contributed by atoms with Gasteiger partial charge in [0.05, 0.1) is 11.4 Å². The van der Waals surface area contributed by atoms with E-state index < -0.39 is 5.50 Å². The second-order valence-electron chi connectivity index (χ2n) is 10.4. The number of nitrogens with one attached hydrogen (secondary N) is 2. The van der Waals surface area contributed by atoms with Gasteiger partial charge >= 0.3 is 0 Å². The normalized spacial score (nSPS) is 20.4. The Morgan fingerprint density at radius 2 is 2.07 bits per heavy atom. The van der Waals surface area contributed by atoms with E-state index >= 15 is 0 Å². The van der Waals surface area contributed by atoms with Crippen molar-refractivity contribution in [2.24, 2.45) is 0 Å². The topological polar surface area (TPSA) is 158 Å². The number of fused-ring (bicyclic) bond motifs is 1. The number of allylic oxidation sites excluding steroid dienone is 1. The summed E-state index contributed by atoms with van der Waals surface area (Å²) in [7, 11) is 2.09. The molecule has 1 saturated carbocycles. The largest absolute Gasteiger partial charge is 0.383 e. The van der Waals surface area contributed by atoms with Gasteiger partial charge in [0.2, 0.25) is 5.91 Å². The zero-order valence-electron chi connectivity index (χ0n) is 22.5. The second kappa shape index (κ2) is 11.2. The number of nitrogen functional groups attached to an aromatic ring is 1. The van der Waals surface area contributed by atoms with Gasteiger partial charge in [-0.2, -0.15) is 10.4 Å². The Hall–Kier alpha value is -4.41. The van der Waals surface area contributed by atoms with Gasteiger partial charge in [0, 0.05) is 49.1 Å². The molecular weight excluding hydrogens is 540 g/mol. The van der Waals surface area contributed by atoms with Gasteiger partial charge in [0.25, 0.3) is 5.91 Å². The van der Waals surface area contributed by atoms with Gasteiger partial charge in [-0.05, 0) is 38.4 Å². The van der Waals surface area contributed by atoms with Crippen LogP contribution in [0.5, 0.6) is 0 Å². The zero-order valence-corrected chi connectivity index (χ0v) is 23.3. The van der Waals surface area contributed by atoms with Gasteiger partial charge in [-0.15, -0.1) is 0 Å². The summed E-state index contributed by atoms with van der Waals surface area (Å²) in [6, 6.07) is 9.72. The molecule has 4 N–H and O–H groups in total. The number of nitrogens with two attached hydrogens (primary N) is 1. The molecule has 3 aliphatic rings. The maximum Gasteiger partial charge on any atom is 0.253 e. The Kier molecular flexibility index (Phi) is 7.34. The zero-order chi connectivity index (χ0) is 28.5. The van der Waals surface area contributed by atoms with Crippen molar-refractivity contribution in [3.05, 3.63) is 59.4 Å². The SMILES string of the molecule is CN(C/C=C/C(=O)N1CC[C@@H](n2nc(-c3ccc(C(=O)NC4NC=C(C#N)S4)cc3)c3c(N)ncnc32)C1)C1CC1. The summed E-state index contributed by atoms with van der Waals surface area (Å²) in [5, 5.41) is 20.4. The third-order valence-corrected chi connectivity index (χ3v) is 8.52. The van der Waals surface area contributed by atoms with Crippen LogP contribution >= 0.6 is 11.8 Å². The van der Waals surface area contributed by atoms with E-state index in [1.54, 1.807) is 24.4 Å². The first kappa shape index (κ1) is 26.8. The number of hydrogen-bond donors (Lipinski definition) is 3. The van der Waals surface area contributed by atoms with Crippen LogP contribution in [0.3, 0.4) is 0 Å². The van der Waals surface area contributed by atoms with Gasteiger partial charge in [0.15, 0.2) is 11.1 Å². The van der Waals surface area contributed by atoms with E-state index in [-0.39, 0.29) is 17.9 Å². The van der Waals surface area contributed by atoms with Crippen LogP contribution in [0.1, 0.15) is 35.7 Å². The van der Waals surface area contributed by atoms with E-state index in [0.29, 0.717) is 52.1 Å². The first-order chi connectivity index (χ1) is 19.9. The predicted molar refractivity (Wildman–Crippen MR) is 156 cm³/mol. The van der Waals surface area contributed by atoms with Crippen LogP contribution in [0.2, 0.25) is 0 Å². The van der Waals surface area contributed by atoms with E-state index in [4.69, 9.17) is 16.1 Å². The molecule has 13 heteroatoms. The molecule has 0 bridgehead atoms. The Bertz CT molecular complexity index is 1590. The summed E-state index contributed by atoms with van der Waals surface area (Å²) in [4.78, 5) is 38.9. The van der Waals surface area contributed by atoms with Crippen molar-refractivity contribution in [1.82, 2.24) is 40.2 Å². The van der Waals surface area contributed by atoms with E-state index in [9.17, 15) is 9.59 Å². The summed E-state index contributed by atoms with van der Waals surface area (Å²) >= 11 is 1.25. The van der Waals surface area contributed by atoms with Crippen LogP contribution < -0.4 is 16.4 Å². The molecule has 0 radical (unpaired) electrons. The highest BCUT2D eigenvalue weighted by Gasteiger charge is 2.30. The molecule has 1 aromatic carbocycles. The molecule has 1 aliphatic carbocycles. The standard InChI is InChI=1S/C28H30N10O2S/c1-36(19-8-9-19)11-2-3-22(39)37-12-10-20(15-37)38-26-23(25(30)32-16-33-26)24(35-38)17-4-6-18(7-5-17)27(40)34-28-31-14-21(13-29)41-28/h2-7,14,16,19-20,28,31H,8-12,15H2,1H3,(H,34,40)(H2,30,32,33)/b3-2+/t20-,28?/m1/s1. The molecule has 6 rings (SSSR count). The lowest BCUT2D eigenvalue weighted by Gasteiger charge is -2.16. The van der Waals surface area contributed by atoms with Gasteiger partial charge in [-0.3, -0.25) is 14.5 Å². The van der Waals surface area contributed by atoms with Crippen LogP contribution in [0.25, 0.3) is 22.3 Å². The average molecular weight is 571 g/mol. The van der Waals surface area contributed by atoms with Gasteiger partial charge in [-0.1, -0.05) is 30.0 Å². The van der Waals surface area contributed by atoms with Crippen molar-refractivity contribution in [1.29, 1.82) is 5.26 Å². The third-order valence-electron chi connectivity index (χ3n) is 7.57. The maximum atomic E-state index is 12.9. The average Bonchev–Trinajstić information content (AvgIpc) is 3.36. The molecule has 210 valence electrons. The molecule has 3 aromatic rings. The Morgan fingerprint density at radius 1 is 1.27 bits per heavy atom. The number of benzene rings is 1. The van der Waals surface area contributed by atoms with Gasteiger partial charge in [0.1, 0.15) is 28.8 Å². The van der Waals surface area contributed by atoms with Crippen molar-refractivity contribution < 1.29 is 9.59 Å². The Labute approximate surface area is 241 Å². The number of nitriles is 1. The summed E-state index contributed by atoms with van der Waals surface area (Å²) in [5.74, 6) is 0.0513. The molecular formula is C28H30N10O2S. The number of aromatic nitrogens is 4. The molecule has 2 amide bonds. The number of carbonyl (C=O) groups excluding carboxylic acids is 2. The molecule has 2 fully saturated rings. The third kappa shape index (κ3) is 5.61. The Morgan fingerprint density at radius 3 is 2.80 bits per heavy atom. The van der Waals surface area contributed by atoms with Crippen LogP contribution in [-0.4, -0.2) is 79.6 Å². The van der Waals surface area contributed by atoms with E-state index in [0.717, 1.165) is 18.5 Å². The van der Waals surface area contributed by atoms with Gasteiger partial charge in [-0.25, -0.2) is 14.6 Å². The maximum absolute atomic E-state index is 12.9. The van der Waals surface area contributed by atoms with Crippen molar-refractivity contribution in [3.63, 3.8) is 0 Å². The highest BCUT2D eigenvalue weighted by Crippen LogP contribution is 2.34. The minimum atomic E-state index is -0.397. The lowest BCUT2D eigenvalue weighted by atomic mass is 10.1. The van der Waals surface area contributed by atoms with E-state index in [1.807, 2.05) is 27.8 Å². The number of anilines is 1. The van der Waals surface area contributed by atoms with Crippen molar-refractivity contribution in [2.75, 3.05) is 32.4 Å². The first-order valence-corrected chi connectivity index (χ1v) is 14.4. The smallest absolute Gasteiger partial charge is 0.253 e. The van der Waals surface area contributed by atoms with Crippen LogP contribution in [-0.2, 0) is 4.79 Å². The minimum absolute atomic E-state index is 0.00206. The lowest BCUT2D eigenvalue weighted by molar-refractivity contribution is -0.125. The highest BCUT2D eigenvalue weighted by molar-refractivity contribution is 8.04. The fraction of sp³-hybridized carbons (Fsp3) is 0.357.